The summed E-state index contributed by atoms with van der Waals surface area (Å²) in [6.07, 6.45) is -4.97. The Labute approximate surface area is 91.0 Å². The van der Waals surface area contributed by atoms with Crippen LogP contribution in [0.3, 0.4) is 0 Å². The highest BCUT2D eigenvalue weighted by atomic mass is 19.4. The first-order valence-corrected chi connectivity index (χ1v) is 4.70. The van der Waals surface area contributed by atoms with E-state index in [0.29, 0.717) is 0 Å². The van der Waals surface area contributed by atoms with Gasteiger partial charge in [0.1, 0.15) is 0 Å². The average molecular weight is 232 g/mol. The van der Waals surface area contributed by atoms with Gasteiger partial charge in [-0.3, -0.25) is 4.79 Å². The molecule has 0 bridgehead atoms. The Morgan fingerprint density at radius 1 is 1.25 bits per heavy atom. The third-order valence-corrected chi connectivity index (χ3v) is 2.16. The molecule has 1 aromatic carbocycles. The summed E-state index contributed by atoms with van der Waals surface area (Å²) in [6.45, 7) is 1.21. The molecule has 0 aliphatic rings. The van der Waals surface area contributed by atoms with Crippen molar-refractivity contribution in [2.45, 2.75) is 18.7 Å². The first-order chi connectivity index (χ1) is 7.48. The number of halogens is 3. The van der Waals surface area contributed by atoms with Crippen molar-refractivity contribution in [1.82, 2.24) is 0 Å². The third-order valence-electron chi connectivity index (χ3n) is 2.16. The van der Waals surface area contributed by atoms with E-state index in [1.54, 1.807) is 6.07 Å². The molecule has 0 aliphatic carbocycles. The molecule has 0 saturated carbocycles. The quantitative estimate of drug-likeness (QED) is 0.746. The Hall–Kier alpha value is -1.36. The molecule has 0 aromatic heterocycles. The van der Waals surface area contributed by atoms with Crippen LogP contribution in [0.4, 0.5) is 13.2 Å². The van der Waals surface area contributed by atoms with Crippen molar-refractivity contribution in [2.75, 3.05) is 6.61 Å². The van der Waals surface area contributed by atoms with Crippen LogP contribution in [0.5, 0.6) is 0 Å². The van der Waals surface area contributed by atoms with Crippen molar-refractivity contribution < 1.29 is 22.7 Å². The topological polar surface area (TPSA) is 26.3 Å². The van der Waals surface area contributed by atoms with Gasteiger partial charge >= 0.3 is 6.18 Å². The maximum Gasteiger partial charge on any atom is 0.428 e. The van der Waals surface area contributed by atoms with Gasteiger partial charge in [0.15, 0.2) is 6.29 Å². The van der Waals surface area contributed by atoms with Gasteiger partial charge in [0.05, 0.1) is 0 Å². The molecule has 0 amide bonds. The smallest absolute Gasteiger partial charge is 0.355 e. The maximum absolute atomic E-state index is 12.9. The lowest BCUT2D eigenvalue weighted by atomic mass is 9.94. The highest BCUT2D eigenvalue weighted by molar-refractivity contribution is 5.67. The molecule has 16 heavy (non-hydrogen) atoms. The molecule has 0 fully saturated rings. The van der Waals surface area contributed by atoms with Crippen LogP contribution < -0.4 is 0 Å². The van der Waals surface area contributed by atoms with Gasteiger partial charge in [-0.2, -0.15) is 13.2 Å². The third kappa shape index (κ3) is 2.09. The van der Waals surface area contributed by atoms with Crippen LogP contribution in [0, 0.1) is 0 Å². The Kier molecular flexibility index (Phi) is 3.70. The molecule has 0 saturated heterocycles. The van der Waals surface area contributed by atoms with E-state index in [4.69, 9.17) is 0 Å². The summed E-state index contributed by atoms with van der Waals surface area (Å²) >= 11 is 0. The second-order valence-electron chi connectivity index (χ2n) is 3.15. The molecule has 88 valence electrons. The van der Waals surface area contributed by atoms with Crippen molar-refractivity contribution in [3.63, 3.8) is 0 Å². The van der Waals surface area contributed by atoms with E-state index in [2.05, 4.69) is 4.74 Å². The van der Waals surface area contributed by atoms with Crippen molar-refractivity contribution in [1.29, 1.82) is 0 Å². The molecule has 0 radical (unpaired) electrons. The SMILES string of the molecule is CCOC(C=O)(c1ccccc1)C(F)(F)F. The fraction of sp³-hybridized carbons (Fsp3) is 0.364. The first kappa shape index (κ1) is 12.7. The van der Waals surface area contributed by atoms with E-state index >= 15 is 0 Å². The highest BCUT2D eigenvalue weighted by Gasteiger charge is 2.57. The van der Waals surface area contributed by atoms with Crippen molar-refractivity contribution in [2.24, 2.45) is 0 Å². The van der Waals surface area contributed by atoms with Crippen LogP contribution in [0.25, 0.3) is 0 Å². The Bertz CT molecular complexity index is 348. The van der Waals surface area contributed by atoms with E-state index in [1.165, 1.54) is 31.2 Å². The molecular formula is C11H11F3O2. The van der Waals surface area contributed by atoms with Crippen LogP contribution in [-0.2, 0) is 15.1 Å². The minimum absolute atomic E-state index is 0.201. The van der Waals surface area contributed by atoms with Crippen LogP contribution in [0.1, 0.15) is 12.5 Å². The number of alkyl halides is 3. The maximum atomic E-state index is 12.9. The van der Waals surface area contributed by atoms with Crippen LogP contribution in [0.2, 0.25) is 0 Å². The Balaban J connectivity index is 3.29. The molecular weight excluding hydrogens is 221 g/mol. The van der Waals surface area contributed by atoms with Crippen molar-refractivity contribution in [3.05, 3.63) is 35.9 Å². The van der Waals surface area contributed by atoms with Gasteiger partial charge in [0.2, 0.25) is 5.60 Å². The lowest BCUT2D eigenvalue weighted by Crippen LogP contribution is -2.46. The molecule has 1 atom stereocenters. The minimum atomic E-state index is -4.77. The summed E-state index contributed by atoms with van der Waals surface area (Å²) in [4.78, 5) is 10.8. The predicted molar refractivity (Wildman–Crippen MR) is 51.9 cm³/mol. The zero-order valence-electron chi connectivity index (χ0n) is 8.62. The first-order valence-electron chi connectivity index (χ1n) is 4.70. The van der Waals surface area contributed by atoms with E-state index in [0.717, 1.165) is 0 Å². The van der Waals surface area contributed by atoms with Gasteiger partial charge in [-0.15, -0.1) is 0 Å². The van der Waals surface area contributed by atoms with Gasteiger partial charge in [-0.1, -0.05) is 30.3 Å². The zero-order chi connectivity index (χ0) is 12.2. The molecule has 0 heterocycles. The predicted octanol–water partition coefficient (Wildman–Crippen LogP) is 2.68. The summed E-state index contributed by atoms with van der Waals surface area (Å²) in [5.41, 5.74) is -3.07. The number of aldehydes is 1. The highest BCUT2D eigenvalue weighted by Crippen LogP contribution is 2.40. The molecule has 1 aromatic rings. The number of ether oxygens (including phenoxy) is 1. The number of rotatable bonds is 4. The van der Waals surface area contributed by atoms with Gasteiger partial charge in [0.25, 0.3) is 0 Å². The molecule has 5 heteroatoms. The number of carbonyl (C=O) groups is 1. The van der Waals surface area contributed by atoms with Crippen LogP contribution in [0.15, 0.2) is 30.3 Å². The normalized spacial score (nSPS) is 15.5. The summed E-state index contributed by atoms with van der Waals surface area (Å²) in [7, 11) is 0. The lowest BCUT2D eigenvalue weighted by Gasteiger charge is -2.30. The second kappa shape index (κ2) is 4.65. The van der Waals surface area contributed by atoms with E-state index in [9.17, 15) is 18.0 Å². The van der Waals surface area contributed by atoms with Gasteiger partial charge in [-0.05, 0) is 6.92 Å². The van der Waals surface area contributed by atoms with Crippen LogP contribution in [-0.4, -0.2) is 19.1 Å². The fourth-order valence-corrected chi connectivity index (χ4v) is 1.41. The van der Waals surface area contributed by atoms with Gasteiger partial charge in [-0.25, -0.2) is 0 Å². The summed E-state index contributed by atoms with van der Waals surface area (Å²) in [5, 5.41) is 0. The van der Waals surface area contributed by atoms with E-state index in [-0.39, 0.29) is 18.5 Å². The Morgan fingerprint density at radius 2 is 1.81 bits per heavy atom. The Morgan fingerprint density at radius 3 is 2.19 bits per heavy atom. The lowest BCUT2D eigenvalue weighted by molar-refractivity contribution is -0.265. The summed E-state index contributed by atoms with van der Waals surface area (Å²) in [6, 6.07) is 6.87. The van der Waals surface area contributed by atoms with E-state index < -0.39 is 11.8 Å². The average Bonchev–Trinajstić information content (AvgIpc) is 2.25. The van der Waals surface area contributed by atoms with Crippen molar-refractivity contribution >= 4 is 6.29 Å². The molecule has 2 nitrogen and oxygen atoms in total. The van der Waals surface area contributed by atoms with Gasteiger partial charge < -0.3 is 4.74 Å². The molecule has 0 spiro atoms. The summed E-state index contributed by atoms with van der Waals surface area (Å²) in [5.74, 6) is 0. The number of benzene rings is 1. The fourth-order valence-electron chi connectivity index (χ4n) is 1.41. The number of hydrogen-bond donors (Lipinski definition) is 0. The molecule has 0 aliphatic heterocycles. The van der Waals surface area contributed by atoms with Gasteiger partial charge in [0, 0.05) is 12.2 Å². The molecule has 1 rings (SSSR count). The standard InChI is InChI=1S/C11H11F3O2/c1-2-16-10(8-15,11(12,13)14)9-6-4-3-5-7-9/h3-8H,2H2,1H3. The van der Waals surface area contributed by atoms with Crippen LogP contribution >= 0.6 is 0 Å². The summed E-state index contributed by atoms with van der Waals surface area (Å²) < 4.78 is 43.3. The number of carbonyl (C=O) groups excluding carboxylic acids is 1. The number of hydrogen-bond acceptors (Lipinski definition) is 2. The van der Waals surface area contributed by atoms with E-state index in [1.807, 2.05) is 0 Å². The second-order valence-corrected chi connectivity index (χ2v) is 3.15. The van der Waals surface area contributed by atoms with Crippen molar-refractivity contribution in [3.8, 4) is 0 Å². The largest absolute Gasteiger partial charge is 0.428 e. The molecule has 0 N–H and O–H groups in total. The zero-order valence-corrected chi connectivity index (χ0v) is 8.62. The monoisotopic (exact) mass is 232 g/mol. The minimum Gasteiger partial charge on any atom is -0.355 e. The molecule has 1 unspecified atom stereocenters.